The summed E-state index contributed by atoms with van der Waals surface area (Å²) in [7, 11) is 2.93. The van der Waals surface area contributed by atoms with Crippen LogP contribution in [0.4, 0.5) is 0 Å². The van der Waals surface area contributed by atoms with E-state index in [4.69, 9.17) is 32.7 Å². The minimum absolute atomic E-state index is 0.103. The number of benzene rings is 2. The van der Waals surface area contributed by atoms with Crippen molar-refractivity contribution in [1.29, 1.82) is 0 Å². The van der Waals surface area contributed by atoms with Gasteiger partial charge in [-0.3, -0.25) is 14.6 Å². The molecule has 0 radical (unpaired) electrons. The lowest BCUT2D eigenvalue weighted by Crippen LogP contribution is -2.29. The average molecular weight is 499 g/mol. The summed E-state index contributed by atoms with van der Waals surface area (Å²) in [5.41, 5.74) is 1.29. The molecule has 0 bridgehead atoms. The third-order valence-corrected chi connectivity index (χ3v) is 5.99. The lowest BCUT2D eigenvalue weighted by Gasteiger charge is -2.25. The number of Topliss-reactive ketones (excluding diaryl/α,β-unsaturated/α-hetero) is 1. The minimum atomic E-state index is -0.901. The van der Waals surface area contributed by atoms with Crippen LogP contribution in [-0.2, 0) is 16.1 Å². The van der Waals surface area contributed by atoms with Crippen LogP contribution in [0.1, 0.15) is 22.7 Å². The maximum atomic E-state index is 13.2. The Morgan fingerprint density at radius 1 is 1.09 bits per heavy atom. The van der Waals surface area contributed by atoms with E-state index in [0.717, 1.165) is 5.56 Å². The molecule has 34 heavy (non-hydrogen) atoms. The first-order chi connectivity index (χ1) is 16.3. The summed E-state index contributed by atoms with van der Waals surface area (Å²) in [5.74, 6) is -1.29. The van der Waals surface area contributed by atoms with Gasteiger partial charge in [-0.15, -0.1) is 0 Å². The third-order valence-electron chi connectivity index (χ3n) is 5.49. The topological polar surface area (TPSA) is 89.0 Å². The Labute approximate surface area is 206 Å². The second-order valence-electron chi connectivity index (χ2n) is 7.53. The van der Waals surface area contributed by atoms with Gasteiger partial charge in [0.2, 0.25) is 0 Å². The van der Waals surface area contributed by atoms with Crippen molar-refractivity contribution in [1.82, 2.24) is 9.88 Å². The molecule has 4 rings (SSSR count). The number of carbonyl (C=O) groups excluding carboxylic acids is 2. The van der Waals surface area contributed by atoms with Gasteiger partial charge >= 0.3 is 0 Å². The van der Waals surface area contributed by atoms with Crippen molar-refractivity contribution in [2.45, 2.75) is 12.6 Å². The summed E-state index contributed by atoms with van der Waals surface area (Å²) in [6.45, 7) is 0.103. The SMILES string of the molecule is COc1cccc(CN2C(=O)C(=O)/C(=C(/O)c3cc(Cl)cc(Cl)c3OC)C2c2cccnc2)c1. The van der Waals surface area contributed by atoms with E-state index in [1.54, 1.807) is 49.8 Å². The zero-order valence-corrected chi connectivity index (χ0v) is 19.8. The molecule has 9 heteroatoms. The molecule has 1 unspecified atom stereocenters. The summed E-state index contributed by atoms with van der Waals surface area (Å²) in [6, 6.07) is 12.6. The number of halogens is 2. The van der Waals surface area contributed by atoms with E-state index in [0.29, 0.717) is 11.3 Å². The third kappa shape index (κ3) is 4.32. The molecule has 1 amide bonds. The summed E-state index contributed by atoms with van der Waals surface area (Å²) >= 11 is 12.4. The van der Waals surface area contributed by atoms with Crippen LogP contribution in [0.5, 0.6) is 11.5 Å². The Morgan fingerprint density at radius 2 is 1.88 bits per heavy atom. The Balaban J connectivity index is 1.90. The van der Waals surface area contributed by atoms with Crippen molar-refractivity contribution in [3.8, 4) is 11.5 Å². The monoisotopic (exact) mass is 498 g/mol. The van der Waals surface area contributed by atoms with E-state index in [9.17, 15) is 14.7 Å². The number of aliphatic hydroxyl groups is 1. The van der Waals surface area contributed by atoms with Crippen molar-refractivity contribution < 1.29 is 24.2 Å². The van der Waals surface area contributed by atoms with Gasteiger partial charge in [-0.2, -0.15) is 0 Å². The molecule has 0 aliphatic carbocycles. The number of likely N-dealkylation sites (tertiary alicyclic amines) is 1. The van der Waals surface area contributed by atoms with Gasteiger partial charge in [0.1, 0.15) is 17.3 Å². The van der Waals surface area contributed by atoms with Crippen molar-refractivity contribution >= 4 is 40.7 Å². The predicted molar refractivity (Wildman–Crippen MR) is 128 cm³/mol. The van der Waals surface area contributed by atoms with Crippen LogP contribution in [0.2, 0.25) is 10.0 Å². The van der Waals surface area contributed by atoms with Crippen molar-refractivity contribution in [3.05, 3.63) is 93.2 Å². The van der Waals surface area contributed by atoms with E-state index in [1.165, 1.54) is 24.1 Å². The first-order valence-electron chi connectivity index (χ1n) is 10.2. The lowest BCUT2D eigenvalue weighted by molar-refractivity contribution is -0.140. The van der Waals surface area contributed by atoms with Gasteiger partial charge < -0.3 is 19.5 Å². The highest BCUT2D eigenvalue weighted by atomic mass is 35.5. The van der Waals surface area contributed by atoms with E-state index < -0.39 is 23.5 Å². The highest BCUT2D eigenvalue weighted by Crippen LogP contribution is 2.43. The number of amides is 1. The first-order valence-corrected chi connectivity index (χ1v) is 11.0. The number of ketones is 1. The van der Waals surface area contributed by atoms with Crippen LogP contribution in [0, 0.1) is 0 Å². The molecule has 1 aliphatic rings. The summed E-state index contributed by atoms with van der Waals surface area (Å²) < 4.78 is 10.6. The van der Waals surface area contributed by atoms with Gasteiger partial charge in [0.15, 0.2) is 0 Å². The molecular formula is C25H20Cl2N2O5. The van der Waals surface area contributed by atoms with E-state index in [-0.39, 0.29) is 33.5 Å². The second kappa shape index (κ2) is 9.75. The number of pyridine rings is 1. The van der Waals surface area contributed by atoms with E-state index >= 15 is 0 Å². The number of hydrogen-bond acceptors (Lipinski definition) is 6. The number of rotatable bonds is 6. The van der Waals surface area contributed by atoms with Gasteiger partial charge in [-0.1, -0.05) is 41.4 Å². The van der Waals surface area contributed by atoms with E-state index in [2.05, 4.69) is 4.98 Å². The quantitative estimate of drug-likeness (QED) is 0.291. The maximum Gasteiger partial charge on any atom is 0.295 e. The Hall–Kier alpha value is -3.55. The molecule has 1 saturated heterocycles. The lowest BCUT2D eigenvalue weighted by atomic mass is 9.96. The Bertz CT molecular complexity index is 1290. The average Bonchev–Trinajstić information content (AvgIpc) is 3.08. The molecule has 0 saturated carbocycles. The van der Waals surface area contributed by atoms with Crippen LogP contribution in [0.15, 0.2) is 66.5 Å². The molecule has 1 atom stereocenters. The van der Waals surface area contributed by atoms with Crippen molar-refractivity contribution in [2.24, 2.45) is 0 Å². The molecule has 3 aromatic rings. The van der Waals surface area contributed by atoms with Gasteiger partial charge in [-0.05, 0) is 41.5 Å². The smallest absolute Gasteiger partial charge is 0.295 e. The van der Waals surface area contributed by atoms with Crippen LogP contribution in [0.25, 0.3) is 5.76 Å². The molecule has 2 heterocycles. The van der Waals surface area contributed by atoms with Crippen LogP contribution in [0.3, 0.4) is 0 Å². The number of ether oxygens (including phenoxy) is 2. The number of methoxy groups -OCH3 is 2. The normalized spacial score (nSPS) is 17.2. The number of hydrogen-bond donors (Lipinski definition) is 1. The molecule has 1 aliphatic heterocycles. The number of aromatic nitrogens is 1. The second-order valence-corrected chi connectivity index (χ2v) is 8.38. The largest absolute Gasteiger partial charge is 0.507 e. The molecule has 1 N–H and O–H groups in total. The van der Waals surface area contributed by atoms with E-state index in [1.807, 2.05) is 6.07 Å². The zero-order chi connectivity index (χ0) is 24.4. The molecule has 7 nitrogen and oxygen atoms in total. The minimum Gasteiger partial charge on any atom is -0.507 e. The number of aliphatic hydroxyl groups excluding tert-OH is 1. The van der Waals surface area contributed by atoms with Gasteiger partial charge in [0, 0.05) is 24.0 Å². The zero-order valence-electron chi connectivity index (χ0n) is 18.3. The molecule has 1 fully saturated rings. The number of nitrogens with zero attached hydrogens (tertiary/aromatic N) is 2. The van der Waals surface area contributed by atoms with Crippen LogP contribution in [-0.4, -0.2) is 40.9 Å². The van der Waals surface area contributed by atoms with Crippen molar-refractivity contribution in [2.75, 3.05) is 14.2 Å². The van der Waals surface area contributed by atoms with Gasteiger partial charge in [0.25, 0.3) is 11.7 Å². The fourth-order valence-electron chi connectivity index (χ4n) is 3.98. The van der Waals surface area contributed by atoms with Crippen molar-refractivity contribution in [3.63, 3.8) is 0 Å². The predicted octanol–water partition coefficient (Wildman–Crippen LogP) is 5.03. The molecular weight excluding hydrogens is 479 g/mol. The Morgan fingerprint density at radius 3 is 2.56 bits per heavy atom. The van der Waals surface area contributed by atoms with Gasteiger partial charge in [-0.25, -0.2) is 0 Å². The summed E-state index contributed by atoms with van der Waals surface area (Å²) in [5, 5.41) is 11.7. The number of carbonyl (C=O) groups is 2. The van der Waals surface area contributed by atoms with Crippen LogP contribution < -0.4 is 9.47 Å². The summed E-state index contributed by atoms with van der Waals surface area (Å²) in [4.78, 5) is 31.9. The highest BCUT2D eigenvalue weighted by Gasteiger charge is 2.46. The summed E-state index contributed by atoms with van der Waals surface area (Å²) in [6.07, 6.45) is 3.13. The highest BCUT2D eigenvalue weighted by molar-refractivity contribution is 6.46. The standard InChI is InChI=1S/C25H20Cl2N2O5/c1-33-17-7-3-5-14(9-17)13-29-21(15-6-4-8-28-12-15)20(23(31)25(29)32)22(30)18-10-16(26)11-19(27)24(18)34-2/h3-12,21,30H,13H2,1-2H3/b22-20+. The molecule has 174 valence electrons. The first kappa shape index (κ1) is 23.6. The molecule has 1 aromatic heterocycles. The molecule has 0 spiro atoms. The fourth-order valence-corrected chi connectivity index (χ4v) is 4.55. The van der Waals surface area contributed by atoms with Gasteiger partial charge in [0.05, 0.1) is 36.4 Å². The Kier molecular flexibility index (Phi) is 6.77. The maximum absolute atomic E-state index is 13.2. The van der Waals surface area contributed by atoms with Crippen LogP contribution >= 0.6 is 23.2 Å². The molecule has 2 aromatic carbocycles. The fraction of sp³-hybridized carbons (Fsp3) is 0.160.